The molecule has 150 valence electrons. The first kappa shape index (κ1) is 20.3. The highest BCUT2D eigenvalue weighted by Gasteiger charge is 2.42. The van der Waals surface area contributed by atoms with Gasteiger partial charge in [0.1, 0.15) is 12.6 Å². The van der Waals surface area contributed by atoms with Crippen LogP contribution in [0.3, 0.4) is 0 Å². The van der Waals surface area contributed by atoms with Crippen molar-refractivity contribution in [3.63, 3.8) is 0 Å². The largest absolute Gasteiger partial charge is 0.468 e. The summed E-state index contributed by atoms with van der Waals surface area (Å²) in [6.45, 7) is 3.28. The first-order chi connectivity index (χ1) is 13.8. The van der Waals surface area contributed by atoms with Crippen LogP contribution in [0.5, 0.6) is 0 Å². The number of esters is 1. The molecule has 7 heteroatoms. The molecule has 0 saturated carbocycles. The molecule has 29 heavy (non-hydrogen) atoms. The maximum absolute atomic E-state index is 13.2. The molecule has 3 amide bonds. The Morgan fingerprint density at radius 1 is 1.00 bits per heavy atom. The lowest BCUT2D eigenvalue weighted by atomic mass is 10.1. The summed E-state index contributed by atoms with van der Waals surface area (Å²) in [4.78, 5) is 52.8. The predicted octanol–water partition coefficient (Wildman–Crippen LogP) is 2.18. The molecule has 0 aromatic heterocycles. The van der Waals surface area contributed by atoms with Crippen molar-refractivity contribution in [2.24, 2.45) is 0 Å². The van der Waals surface area contributed by atoms with Gasteiger partial charge in [-0.25, -0.2) is 0 Å². The molecule has 1 heterocycles. The van der Waals surface area contributed by atoms with Crippen LogP contribution in [0.1, 0.15) is 38.8 Å². The number of carbonyl (C=O) groups is 4. The highest BCUT2D eigenvalue weighted by Crippen LogP contribution is 2.25. The maximum atomic E-state index is 13.2. The number of imide groups is 1. The lowest BCUT2D eigenvalue weighted by molar-refractivity contribution is -0.148. The first-order valence-electron chi connectivity index (χ1n) is 9.22. The first-order valence-corrected chi connectivity index (χ1v) is 9.22. The van der Waals surface area contributed by atoms with Crippen molar-refractivity contribution >= 4 is 23.7 Å². The highest BCUT2D eigenvalue weighted by atomic mass is 16.5. The van der Waals surface area contributed by atoms with Gasteiger partial charge >= 0.3 is 5.97 Å². The molecule has 1 unspecified atom stereocenters. The number of nitrogens with zero attached hydrogens (tertiary/aromatic N) is 2. The van der Waals surface area contributed by atoms with Crippen LogP contribution >= 0.6 is 0 Å². The average molecular weight is 394 g/mol. The van der Waals surface area contributed by atoms with Crippen molar-refractivity contribution in [3.8, 4) is 0 Å². The Morgan fingerprint density at radius 3 is 2.10 bits per heavy atom. The van der Waals surface area contributed by atoms with E-state index in [0.717, 1.165) is 16.0 Å². The van der Waals surface area contributed by atoms with Gasteiger partial charge in [-0.05, 0) is 37.1 Å². The summed E-state index contributed by atoms with van der Waals surface area (Å²) >= 11 is 0. The van der Waals surface area contributed by atoms with Crippen LogP contribution in [-0.2, 0) is 20.9 Å². The van der Waals surface area contributed by atoms with E-state index in [9.17, 15) is 19.2 Å². The standard InChI is InChI=1S/C22H22N2O5/c1-14-8-4-5-9-16(14)12-23(13-19(25)29-3)20(26)15(2)24-21(27)17-10-6-7-11-18(17)22(24)28/h4-11,15H,12-13H2,1-3H3. The summed E-state index contributed by atoms with van der Waals surface area (Å²) in [6, 6.07) is 12.9. The zero-order valence-electron chi connectivity index (χ0n) is 16.5. The van der Waals surface area contributed by atoms with Gasteiger partial charge in [0.25, 0.3) is 11.8 Å². The molecule has 3 rings (SSSR count). The van der Waals surface area contributed by atoms with E-state index in [1.807, 2.05) is 31.2 Å². The SMILES string of the molecule is COC(=O)CN(Cc1ccccc1C)C(=O)C(C)N1C(=O)c2ccccc2C1=O. The second kappa shape index (κ2) is 8.26. The van der Waals surface area contributed by atoms with Gasteiger partial charge < -0.3 is 9.64 Å². The van der Waals surface area contributed by atoms with Crippen LogP contribution < -0.4 is 0 Å². The van der Waals surface area contributed by atoms with E-state index in [4.69, 9.17) is 4.74 Å². The van der Waals surface area contributed by atoms with Gasteiger partial charge in [-0.1, -0.05) is 36.4 Å². The van der Waals surface area contributed by atoms with Gasteiger partial charge in [-0.2, -0.15) is 0 Å². The zero-order chi connectivity index (χ0) is 21.1. The zero-order valence-corrected chi connectivity index (χ0v) is 16.5. The predicted molar refractivity (Wildman–Crippen MR) is 105 cm³/mol. The number of ether oxygens (including phenoxy) is 1. The van der Waals surface area contributed by atoms with E-state index in [-0.39, 0.29) is 24.2 Å². The quantitative estimate of drug-likeness (QED) is 0.554. The van der Waals surface area contributed by atoms with Crippen LogP contribution in [0.2, 0.25) is 0 Å². The molecule has 0 N–H and O–H groups in total. The van der Waals surface area contributed by atoms with E-state index < -0.39 is 29.7 Å². The van der Waals surface area contributed by atoms with Gasteiger partial charge in [0.2, 0.25) is 5.91 Å². The number of rotatable bonds is 6. The summed E-state index contributed by atoms with van der Waals surface area (Å²) in [7, 11) is 1.24. The summed E-state index contributed by atoms with van der Waals surface area (Å²) in [5.41, 5.74) is 2.37. The van der Waals surface area contributed by atoms with Crippen LogP contribution in [0.25, 0.3) is 0 Å². The van der Waals surface area contributed by atoms with Gasteiger partial charge in [0.15, 0.2) is 0 Å². The number of amides is 3. The molecular weight excluding hydrogens is 372 g/mol. The Morgan fingerprint density at radius 2 is 1.55 bits per heavy atom. The number of methoxy groups -OCH3 is 1. The van der Waals surface area contributed by atoms with Gasteiger partial charge in [-0.15, -0.1) is 0 Å². The Kier molecular flexibility index (Phi) is 5.77. The van der Waals surface area contributed by atoms with Gasteiger partial charge in [0, 0.05) is 6.54 Å². The van der Waals surface area contributed by atoms with Gasteiger partial charge in [-0.3, -0.25) is 24.1 Å². The number of fused-ring (bicyclic) bond motifs is 1. The molecule has 0 fully saturated rings. The lowest BCUT2D eigenvalue weighted by Crippen LogP contribution is -2.50. The summed E-state index contributed by atoms with van der Waals surface area (Å²) in [6.07, 6.45) is 0. The molecule has 7 nitrogen and oxygen atoms in total. The molecular formula is C22H22N2O5. The fraction of sp³-hybridized carbons (Fsp3) is 0.273. The molecule has 1 aliphatic rings. The van der Waals surface area contributed by atoms with Crippen LogP contribution in [0.4, 0.5) is 0 Å². The Hall–Kier alpha value is -3.48. The van der Waals surface area contributed by atoms with E-state index in [2.05, 4.69) is 0 Å². The van der Waals surface area contributed by atoms with Crippen molar-refractivity contribution < 1.29 is 23.9 Å². The van der Waals surface area contributed by atoms with Crippen molar-refractivity contribution in [2.75, 3.05) is 13.7 Å². The lowest BCUT2D eigenvalue weighted by Gasteiger charge is -2.29. The van der Waals surface area contributed by atoms with E-state index in [0.29, 0.717) is 0 Å². The Labute approximate surface area is 168 Å². The van der Waals surface area contributed by atoms with Crippen molar-refractivity contribution in [1.29, 1.82) is 0 Å². The second-order valence-electron chi connectivity index (χ2n) is 6.90. The summed E-state index contributed by atoms with van der Waals surface area (Å²) in [5, 5.41) is 0. The molecule has 1 atom stereocenters. The number of hydrogen-bond donors (Lipinski definition) is 0. The number of hydrogen-bond acceptors (Lipinski definition) is 5. The van der Waals surface area contributed by atoms with Crippen molar-refractivity contribution in [2.45, 2.75) is 26.4 Å². The normalized spacial score (nSPS) is 13.8. The molecule has 1 aliphatic heterocycles. The highest BCUT2D eigenvalue weighted by molar-refractivity contribution is 6.22. The molecule has 0 spiro atoms. The minimum atomic E-state index is -1.06. The molecule has 2 aromatic carbocycles. The Balaban J connectivity index is 1.87. The third-order valence-corrected chi connectivity index (χ3v) is 5.05. The molecule has 0 saturated heterocycles. The molecule has 2 aromatic rings. The third-order valence-electron chi connectivity index (χ3n) is 5.05. The monoisotopic (exact) mass is 394 g/mol. The fourth-order valence-electron chi connectivity index (χ4n) is 3.36. The number of benzene rings is 2. The smallest absolute Gasteiger partial charge is 0.325 e. The molecule has 0 aliphatic carbocycles. The fourth-order valence-corrected chi connectivity index (χ4v) is 3.36. The Bertz CT molecular complexity index is 950. The average Bonchev–Trinajstić information content (AvgIpc) is 2.98. The maximum Gasteiger partial charge on any atom is 0.325 e. The van der Waals surface area contributed by atoms with E-state index >= 15 is 0 Å². The summed E-state index contributed by atoms with van der Waals surface area (Å²) < 4.78 is 4.72. The minimum absolute atomic E-state index is 0.161. The second-order valence-corrected chi connectivity index (χ2v) is 6.90. The number of carbonyl (C=O) groups excluding carboxylic acids is 4. The number of aryl methyl sites for hydroxylation is 1. The van der Waals surface area contributed by atoms with Crippen LogP contribution in [0.15, 0.2) is 48.5 Å². The summed E-state index contributed by atoms with van der Waals surface area (Å²) in [5.74, 6) is -2.12. The third kappa shape index (κ3) is 3.89. The van der Waals surface area contributed by atoms with Crippen LogP contribution in [-0.4, -0.2) is 53.2 Å². The molecule has 0 bridgehead atoms. The molecule has 0 radical (unpaired) electrons. The van der Waals surface area contributed by atoms with Crippen molar-refractivity contribution in [1.82, 2.24) is 9.80 Å². The topological polar surface area (TPSA) is 84.0 Å². The minimum Gasteiger partial charge on any atom is -0.468 e. The van der Waals surface area contributed by atoms with Crippen molar-refractivity contribution in [3.05, 3.63) is 70.8 Å². The van der Waals surface area contributed by atoms with E-state index in [1.165, 1.54) is 18.9 Å². The van der Waals surface area contributed by atoms with Crippen LogP contribution in [0, 0.1) is 6.92 Å². The van der Waals surface area contributed by atoms with Gasteiger partial charge in [0.05, 0.1) is 18.2 Å². The van der Waals surface area contributed by atoms with E-state index in [1.54, 1.807) is 24.3 Å².